The van der Waals surface area contributed by atoms with Gasteiger partial charge in [0.15, 0.2) is 0 Å². The third-order valence-electron chi connectivity index (χ3n) is 3.83. The minimum atomic E-state index is -0.774. The first-order chi connectivity index (χ1) is 13.0. The number of ether oxygens (including phenoxy) is 1. The lowest BCUT2D eigenvalue weighted by Gasteiger charge is -2.26. The molecule has 1 fully saturated rings. The van der Waals surface area contributed by atoms with Crippen LogP contribution >= 0.6 is 15.9 Å². The second kappa shape index (κ2) is 8.18. The lowest BCUT2D eigenvalue weighted by Crippen LogP contribution is -2.54. The molecule has 1 aliphatic rings. The van der Waals surface area contributed by atoms with Gasteiger partial charge in [-0.3, -0.25) is 14.9 Å². The first-order valence-corrected chi connectivity index (χ1v) is 9.19. The van der Waals surface area contributed by atoms with E-state index in [0.29, 0.717) is 23.6 Å². The molecule has 27 heavy (non-hydrogen) atoms. The van der Waals surface area contributed by atoms with Gasteiger partial charge < -0.3 is 4.74 Å². The third-order valence-corrected chi connectivity index (χ3v) is 4.36. The number of halogens is 1. The SMILES string of the molecule is CCCOc1cccc(/C=C2/C(=O)NC(=O)N(c3ccc(Br)cc3)C2=O)c1. The molecule has 138 valence electrons. The highest BCUT2D eigenvalue weighted by atomic mass is 79.9. The Morgan fingerprint density at radius 2 is 1.85 bits per heavy atom. The van der Waals surface area contributed by atoms with Crippen molar-refractivity contribution < 1.29 is 19.1 Å². The Balaban J connectivity index is 1.93. The first-order valence-electron chi connectivity index (χ1n) is 8.39. The van der Waals surface area contributed by atoms with Gasteiger partial charge in [-0.2, -0.15) is 0 Å². The maximum atomic E-state index is 12.8. The van der Waals surface area contributed by atoms with Crippen molar-refractivity contribution in [2.75, 3.05) is 11.5 Å². The molecular weight excluding hydrogens is 412 g/mol. The number of urea groups is 1. The van der Waals surface area contributed by atoms with Gasteiger partial charge in [0.05, 0.1) is 12.3 Å². The summed E-state index contributed by atoms with van der Waals surface area (Å²) in [5.74, 6) is -0.750. The summed E-state index contributed by atoms with van der Waals surface area (Å²) in [6, 6.07) is 13.0. The highest BCUT2D eigenvalue weighted by molar-refractivity contribution is 9.10. The van der Waals surface area contributed by atoms with Crippen molar-refractivity contribution in [1.29, 1.82) is 0 Å². The maximum Gasteiger partial charge on any atom is 0.335 e. The van der Waals surface area contributed by atoms with Crippen LogP contribution < -0.4 is 15.0 Å². The van der Waals surface area contributed by atoms with Crippen LogP contribution in [0.4, 0.5) is 10.5 Å². The Kier molecular flexibility index (Phi) is 5.71. The summed E-state index contributed by atoms with van der Waals surface area (Å²) in [6.07, 6.45) is 2.32. The van der Waals surface area contributed by atoms with E-state index >= 15 is 0 Å². The molecule has 1 heterocycles. The number of anilines is 1. The number of amides is 4. The molecule has 0 spiro atoms. The van der Waals surface area contributed by atoms with Gasteiger partial charge in [-0.25, -0.2) is 9.69 Å². The second-order valence-electron chi connectivity index (χ2n) is 5.86. The highest BCUT2D eigenvalue weighted by Gasteiger charge is 2.36. The molecule has 0 aliphatic carbocycles. The van der Waals surface area contributed by atoms with Crippen LogP contribution in [-0.2, 0) is 9.59 Å². The summed E-state index contributed by atoms with van der Waals surface area (Å²) in [6.45, 7) is 2.58. The number of hydrogen-bond acceptors (Lipinski definition) is 4. The zero-order valence-corrected chi connectivity index (χ0v) is 16.2. The molecular formula is C20H17BrN2O4. The predicted molar refractivity (Wildman–Crippen MR) is 105 cm³/mol. The second-order valence-corrected chi connectivity index (χ2v) is 6.77. The predicted octanol–water partition coefficient (Wildman–Crippen LogP) is 3.90. The summed E-state index contributed by atoms with van der Waals surface area (Å²) in [4.78, 5) is 38.2. The van der Waals surface area contributed by atoms with Crippen molar-refractivity contribution in [2.24, 2.45) is 0 Å². The zero-order chi connectivity index (χ0) is 19.4. The third kappa shape index (κ3) is 4.25. The molecule has 2 aromatic carbocycles. The Hall–Kier alpha value is -2.93. The van der Waals surface area contributed by atoms with Crippen LogP contribution in [0.15, 0.2) is 58.6 Å². The molecule has 1 aliphatic heterocycles. The first kappa shape index (κ1) is 18.8. The molecule has 0 bridgehead atoms. The highest BCUT2D eigenvalue weighted by Crippen LogP contribution is 2.24. The van der Waals surface area contributed by atoms with Crippen molar-refractivity contribution in [2.45, 2.75) is 13.3 Å². The average molecular weight is 429 g/mol. The van der Waals surface area contributed by atoms with Crippen LogP contribution in [-0.4, -0.2) is 24.5 Å². The van der Waals surface area contributed by atoms with E-state index in [4.69, 9.17) is 4.74 Å². The van der Waals surface area contributed by atoms with Crippen LogP contribution in [0.3, 0.4) is 0 Å². The van der Waals surface area contributed by atoms with Crippen molar-refractivity contribution in [3.63, 3.8) is 0 Å². The summed E-state index contributed by atoms with van der Waals surface area (Å²) in [5.41, 5.74) is 0.886. The van der Waals surface area contributed by atoms with Crippen molar-refractivity contribution in [3.05, 3.63) is 64.1 Å². The molecule has 0 unspecified atom stereocenters. The summed E-state index contributed by atoms with van der Waals surface area (Å²) in [5, 5.41) is 2.21. The van der Waals surface area contributed by atoms with Gasteiger partial charge in [0.25, 0.3) is 11.8 Å². The van der Waals surface area contributed by atoms with Gasteiger partial charge in [0, 0.05) is 4.47 Å². The average Bonchev–Trinajstić information content (AvgIpc) is 2.65. The van der Waals surface area contributed by atoms with Gasteiger partial charge in [0.2, 0.25) is 0 Å². The molecule has 1 saturated heterocycles. The van der Waals surface area contributed by atoms with Crippen LogP contribution in [0.1, 0.15) is 18.9 Å². The Morgan fingerprint density at radius 1 is 1.11 bits per heavy atom. The molecule has 0 aromatic heterocycles. The monoisotopic (exact) mass is 428 g/mol. The van der Waals surface area contributed by atoms with Crippen molar-refractivity contribution >= 4 is 45.5 Å². The lowest BCUT2D eigenvalue weighted by molar-refractivity contribution is -0.122. The molecule has 0 radical (unpaired) electrons. The van der Waals surface area contributed by atoms with Crippen LogP contribution in [0.2, 0.25) is 0 Å². The number of rotatable bonds is 5. The van der Waals surface area contributed by atoms with Crippen LogP contribution in [0, 0.1) is 0 Å². The van der Waals surface area contributed by atoms with E-state index < -0.39 is 17.8 Å². The van der Waals surface area contributed by atoms with Gasteiger partial charge in [0.1, 0.15) is 11.3 Å². The molecule has 4 amide bonds. The minimum absolute atomic E-state index is 0.120. The fraction of sp³-hybridized carbons (Fsp3) is 0.150. The largest absolute Gasteiger partial charge is 0.494 e. The standard InChI is InChI=1S/C20H17BrN2O4/c1-2-10-27-16-5-3-4-13(11-16)12-17-18(24)22-20(26)23(19(17)25)15-8-6-14(21)7-9-15/h3-9,11-12H,2,10H2,1H3,(H,22,24,26)/b17-12-. The van der Waals surface area contributed by atoms with Crippen molar-refractivity contribution in [3.8, 4) is 5.75 Å². The number of carbonyl (C=O) groups excluding carboxylic acids is 3. The molecule has 6 nitrogen and oxygen atoms in total. The van der Waals surface area contributed by atoms with Crippen molar-refractivity contribution in [1.82, 2.24) is 5.32 Å². The fourth-order valence-electron chi connectivity index (χ4n) is 2.56. The van der Waals surface area contributed by atoms with E-state index in [0.717, 1.165) is 15.8 Å². The van der Waals surface area contributed by atoms with Crippen LogP contribution in [0.25, 0.3) is 6.08 Å². The van der Waals surface area contributed by atoms with Crippen LogP contribution in [0.5, 0.6) is 5.75 Å². The smallest absolute Gasteiger partial charge is 0.335 e. The van der Waals surface area contributed by atoms with Gasteiger partial charge >= 0.3 is 6.03 Å². The van der Waals surface area contributed by atoms with E-state index in [1.807, 2.05) is 6.92 Å². The number of nitrogens with zero attached hydrogens (tertiary/aromatic N) is 1. The molecule has 7 heteroatoms. The van der Waals surface area contributed by atoms with E-state index in [1.165, 1.54) is 6.08 Å². The number of benzene rings is 2. The maximum absolute atomic E-state index is 12.8. The Bertz CT molecular complexity index is 922. The molecule has 1 N–H and O–H groups in total. The molecule has 0 saturated carbocycles. The molecule has 0 atom stereocenters. The topological polar surface area (TPSA) is 75.7 Å². The number of hydrogen-bond donors (Lipinski definition) is 1. The summed E-state index contributed by atoms with van der Waals surface area (Å²) in [7, 11) is 0. The summed E-state index contributed by atoms with van der Waals surface area (Å²) >= 11 is 3.31. The van der Waals surface area contributed by atoms with E-state index in [1.54, 1.807) is 48.5 Å². The lowest BCUT2D eigenvalue weighted by atomic mass is 10.1. The number of imide groups is 2. The number of nitrogens with one attached hydrogen (secondary N) is 1. The Labute approximate surface area is 164 Å². The number of carbonyl (C=O) groups is 3. The number of barbiturate groups is 1. The van der Waals surface area contributed by atoms with E-state index in [-0.39, 0.29) is 5.57 Å². The molecule has 3 rings (SSSR count). The normalized spacial score (nSPS) is 15.9. The Morgan fingerprint density at radius 3 is 2.56 bits per heavy atom. The minimum Gasteiger partial charge on any atom is -0.494 e. The van der Waals surface area contributed by atoms with Gasteiger partial charge in [-0.15, -0.1) is 0 Å². The molecule has 2 aromatic rings. The fourth-order valence-corrected chi connectivity index (χ4v) is 2.83. The van der Waals surface area contributed by atoms with E-state index in [2.05, 4.69) is 21.2 Å². The van der Waals surface area contributed by atoms with Gasteiger partial charge in [-0.05, 0) is 54.5 Å². The van der Waals surface area contributed by atoms with E-state index in [9.17, 15) is 14.4 Å². The zero-order valence-electron chi connectivity index (χ0n) is 14.6. The summed E-state index contributed by atoms with van der Waals surface area (Å²) < 4.78 is 6.39. The quantitative estimate of drug-likeness (QED) is 0.578. The van der Waals surface area contributed by atoms with Gasteiger partial charge in [-0.1, -0.05) is 35.0 Å².